The van der Waals surface area contributed by atoms with Gasteiger partial charge in [0, 0.05) is 71.5 Å². The Bertz CT molecular complexity index is 382. The number of rotatable bonds is 3. The number of piperidine rings is 1. The van der Waals surface area contributed by atoms with Crippen LogP contribution >= 0.6 is 0 Å². The van der Waals surface area contributed by atoms with Crippen molar-refractivity contribution in [3.05, 3.63) is 0 Å². The van der Waals surface area contributed by atoms with Gasteiger partial charge in [-0.2, -0.15) is 0 Å². The molecular formula is C16H32N6O. The van der Waals surface area contributed by atoms with Crippen LogP contribution in [0.2, 0.25) is 0 Å². The van der Waals surface area contributed by atoms with Gasteiger partial charge in [0.15, 0.2) is 0 Å². The summed E-state index contributed by atoms with van der Waals surface area (Å²) >= 11 is 0. The molecule has 0 aliphatic carbocycles. The maximum Gasteiger partial charge on any atom is 0.236 e. The summed E-state index contributed by atoms with van der Waals surface area (Å²) in [6, 6.07) is 0.657. The van der Waals surface area contributed by atoms with E-state index in [0.29, 0.717) is 18.5 Å². The topological polar surface area (TPSA) is 59.3 Å². The Morgan fingerprint density at radius 3 is 2.13 bits per heavy atom. The van der Waals surface area contributed by atoms with E-state index >= 15 is 0 Å². The van der Waals surface area contributed by atoms with Gasteiger partial charge in [-0.05, 0) is 19.9 Å². The molecule has 0 bridgehead atoms. The number of carbonyl (C=O) groups excluding carboxylic acids is 1. The van der Waals surface area contributed by atoms with Crippen molar-refractivity contribution in [3.8, 4) is 0 Å². The van der Waals surface area contributed by atoms with Crippen LogP contribution in [-0.2, 0) is 4.79 Å². The molecule has 0 atom stereocenters. The van der Waals surface area contributed by atoms with E-state index in [9.17, 15) is 4.79 Å². The molecule has 0 saturated carbocycles. The molecule has 2 N–H and O–H groups in total. The molecule has 3 aliphatic heterocycles. The summed E-state index contributed by atoms with van der Waals surface area (Å²) in [6.07, 6.45) is 2.32. The molecule has 132 valence electrons. The lowest BCUT2D eigenvalue weighted by Gasteiger charge is -2.42. The van der Waals surface area contributed by atoms with Gasteiger partial charge >= 0.3 is 0 Å². The smallest absolute Gasteiger partial charge is 0.236 e. The number of nitrogens with zero attached hydrogens (tertiary/aromatic N) is 5. The third kappa shape index (κ3) is 4.64. The van der Waals surface area contributed by atoms with Crippen LogP contribution in [-0.4, -0.2) is 116 Å². The predicted octanol–water partition coefficient (Wildman–Crippen LogP) is -1.28. The molecule has 7 nitrogen and oxygen atoms in total. The van der Waals surface area contributed by atoms with Gasteiger partial charge in [-0.25, -0.2) is 5.01 Å². The lowest BCUT2D eigenvalue weighted by molar-refractivity contribution is -0.135. The summed E-state index contributed by atoms with van der Waals surface area (Å²) in [5.41, 5.74) is 0. The van der Waals surface area contributed by atoms with Crippen LogP contribution in [0, 0.1) is 0 Å². The number of piperazine rings is 2. The summed E-state index contributed by atoms with van der Waals surface area (Å²) in [7, 11) is 2.15. The number of amides is 1. The van der Waals surface area contributed by atoms with Gasteiger partial charge < -0.3 is 9.80 Å². The monoisotopic (exact) mass is 324 g/mol. The van der Waals surface area contributed by atoms with Crippen molar-refractivity contribution in [1.29, 1.82) is 0 Å². The fourth-order valence-electron chi connectivity index (χ4n) is 3.88. The van der Waals surface area contributed by atoms with Gasteiger partial charge in [0.2, 0.25) is 5.91 Å². The molecule has 3 aliphatic rings. The first kappa shape index (κ1) is 17.1. The van der Waals surface area contributed by atoms with Gasteiger partial charge in [0.25, 0.3) is 0 Å². The van der Waals surface area contributed by atoms with Crippen molar-refractivity contribution < 1.29 is 4.79 Å². The van der Waals surface area contributed by atoms with Crippen molar-refractivity contribution in [2.75, 3.05) is 79.0 Å². The van der Waals surface area contributed by atoms with Crippen molar-refractivity contribution in [2.24, 2.45) is 5.84 Å². The second kappa shape index (κ2) is 7.90. The highest BCUT2D eigenvalue weighted by atomic mass is 16.2. The van der Waals surface area contributed by atoms with Crippen molar-refractivity contribution in [3.63, 3.8) is 0 Å². The zero-order valence-corrected chi connectivity index (χ0v) is 14.5. The summed E-state index contributed by atoms with van der Waals surface area (Å²) < 4.78 is 0. The van der Waals surface area contributed by atoms with Gasteiger partial charge in [-0.3, -0.25) is 20.4 Å². The first-order valence-corrected chi connectivity index (χ1v) is 9.04. The van der Waals surface area contributed by atoms with E-state index in [0.717, 1.165) is 78.3 Å². The van der Waals surface area contributed by atoms with Crippen molar-refractivity contribution in [2.45, 2.75) is 18.9 Å². The first-order chi connectivity index (χ1) is 11.1. The highest BCUT2D eigenvalue weighted by Crippen LogP contribution is 2.17. The van der Waals surface area contributed by atoms with Crippen LogP contribution in [0.1, 0.15) is 12.8 Å². The average Bonchev–Trinajstić information content (AvgIpc) is 2.58. The van der Waals surface area contributed by atoms with E-state index < -0.39 is 0 Å². The molecule has 0 aromatic rings. The van der Waals surface area contributed by atoms with Crippen molar-refractivity contribution in [1.82, 2.24) is 24.6 Å². The Morgan fingerprint density at radius 1 is 0.913 bits per heavy atom. The summed E-state index contributed by atoms with van der Waals surface area (Å²) in [4.78, 5) is 21.8. The molecule has 3 heterocycles. The molecule has 23 heavy (non-hydrogen) atoms. The second-order valence-corrected chi connectivity index (χ2v) is 7.26. The average molecular weight is 324 g/mol. The molecule has 0 aromatic carbocycles. The van der Waals surface area contributed by atoms with Crippen molar-refractivity contribution >= 4 is 5.91 Å². The minimum atomic E-state index is 0.311. The lowest BCUT2D eigenvalue weighted by Crippen LogP contribution is -2.56. The predicted molar refractivity (Wildman–Crippen MR) is 90.9 cm³/mol. The zero-order chi connectivity index (χ0) is 16.2. The molecule has 3 fully saturated rings. The minimum absolute atomic E-state index is 0.311. The van der Waals surface area contributed by atoms with Crippen LogP contribution in [0.5, 0.6) is 0 Å². The van der Waals surface area contributed by atoms with Gasteiger partial charge in [-0.15, -0.1) is 0 Å². The number of nitrogens with two attached hydrogens (primary N) is 1. The Hall–Kier alpha value is -0.730. The minimum Gasteiger partial charge on any atom is -0.339 e. The number of carbonyl (C=O) groups is 1. The molecule has 1 amide bonds. The van der Waals surface area contributed by atoms with Crippen LogP contribution < -0.4 is 5.84 Å². The van der Waals surface area contributed by atoms with E-state index in [-0.39, 0.29) is 0 Å². The van der Waals surface area contributed by atoms with Crippen LogP contribution in [0.4, 0.5) is 0 Å². The van der Waals surface area contributed by atoms with Gasteiger partial charge in [0.05, 0.1) is 6.54 Å². The summed E-state index contributed by atoms with van der Waals surface area (Å²) in [5, 5.41) is 1.92. The zero-order valence-electron chi connectivity index (χ0n) is 14.5. The molecule has 0 radical (unpaired) electrons. The fourth-order valence-corrected chi connectivity index (χ4v) is 3.88. The van der Waals surface area contributed by atoms with E-state index in [4.69, 9.17) is 5.84 Å². The standard InChI is InChI=1S/C16H32N6O/c1-18-6-8-19(9-7-18)14-16(23)21-12-10-20(11-13-21)15-2-4-22(17)5-3-15/h15H,2-14,17H2,1H3. The molecule has 0 spiro atoms. The maximum atomic E-state index is 12.5. The SMILES string of the molecule is CN1CCN(CC(=O)N2CCN(C3CCN(N)CC3)CC2)CC1. The van der Waals surface area contributed by atoms with E-state index in [1.54, 1.807) is 0 Å². The maximum absolute atomic E-state index is 12.5. The Morgan fingerprint density at radius 2 is 1.52 bits per heavy atom. The highest BCUT2D eigenvalue weighted by Gasteiger charge is 2.29. The molecule has 3 saturated heterocycles. The van der Waals surface area contributed by atoms with Crippen LogP contribution in [0.25, 0.3) is 0 Å². The fraction of sp³-hybridized carbons (Fsp3) is 0.938. The summed E-state index contributed by atoms with van der Waals surface area (Å²) in [5.74, 6) is 6.15. The van der Waals surface area contributed by atoms with Crippen LogP contribution in [0.15, 0.2) is 0 Å². The first-order valence-electron chi connectivity index (χ1n) is 9.04. The van der Waals surface area contributed by atoms with Crippen LogP contribution in [0.3, 0.4) is 0 Å². The summed E-state index contributed by atoms with van der Waals surface area (Å²) in [6.45, 7) is 10.6. The third-order valence-corrected chi connectivity index (χ3v) is 5.64. The molecule has 0 unspecified atom stereocenters. The second-order valence-electron chi connectivity index (χ2n) is 7.26. The van der Waals surface area contributed by atoms with E-state index in [1.165, 1.54) is 0 Å². The quantitative estimate of drug-likeness (QED) is 0.653. The third-order valence-electron chi connectivity index (χ3n) is 5.64. The number of hydrazine groups is 1. The Balaban J connectivity index is 1.39. The highest BCUT2D eigenvalue weighted by molar-refractivity contribution is 5.78. The number of hydrogen-bond donors (Lipinski definition) is 1. The molecule has 7 heteroatoms. The number of likely N-dealkylation sites (N-methyl/N-ethyl adjacent to an activating group) is 1. The van der Waals surface area contributed by atoms with Gasteiger partial charge in [0.1, 0.15) is 0 Å². The lowest BCUT2D eigenvalue weighted by atomic mass is 10.0. The molecular weight excluding hydrogens is 292 g/mol. The Labute approximate surface area is 139 Å². The Kier molecular flexibility index (Phi) is 5.87. The molecule has 0 aromatic heterocycles. The normalized spacial score (nSPS) is 27.5. The number of hydrogen-bond acceptors (Lipinski definition) is 6. The molecule has 3 rings (SSSR count). The van der Waals surface area contributed by atoms with Gasteiger partial charge in [-0.1, -0.05) is 0 Å². The van der Waals surface area contributed by atoms with E-state index in [1.807, 2.05) is 5.01 Å². The van der Waals surface area contributed by atoms with E-state index in [2.05, 4.69) is 26.6 Å². The largest absolute Gasteiger partial charge is 0.339 e.